The lowest BCUT2D eigenvalue weighted by Gasteiger charge is -2.34. The van der Waals surface area contributed by atoms with Crippen molar-refractivity contribution in [1.82, 2.24) is 14.7 Å². The van der Waals surface area contributed by atoms with Crippen molar-refractivity contribution in [2.24, 2.45) is 0 Å². The van der Waals surface area contributed by atoms with Crippen LogP contribution in [-0.2, 0) is 9.53 Å². The molecular formula is C16H16FN3O4. The standard InChI is InChI=1S/C16H16FN3O4/c1-10-8-19(9-14(24-10)16(22)23)15(21)12-6-7-20(18-12)13-5-3-2-4-11(13)17/h2-7,10,14H,8-9H2,1H3,(H,22,23)/t10-,14?/m1/s1. The number of para-hydroxylation sites is 1. The van der Waals surface area contributed by atoms with Crippen molar-refractivity contribution in [3.63, 3.8) is 0 Å². The molecule has 1 aromatic carbocycles. The Balaban J connectivity index is 1.81. The molecule has 1 aliphatic rings. The van der Waals surface area contributed by atoms with Crippen LogP contribution in [0.5, 0.6) is 0 Å². The predicted octanol–water partition coefficient (Wildman–Crippen LogP) is 1.33. The molecule has 0 bridgehead atoms. The number of amides is 1. The van der Waals surface area contributed by atoms with E-state index in [1.807, 2.05) is 0 Å². The molecule has 1 aliphatic heterocycles. The second kappa shape index (κ2) is 6.40. The molecule has 1 saturated heterocycles. The Morgan fingerprint density at radius 2 is 2.04 bits per heavy atom. The molecule has 7 nitrogen and oxygen atoms in total. The number of nitrogens with zero attached hydrogens (tertiary/aromatic N) is 3. The lowest BCUT2D eigenvalue weighted by atomic mass is 10.2. The fraction of sp³-hybridized carbons (Fsp3) is 0.312. The molecule has 2 atom stereocenters. The Morgan fingerprint density at radius 1 is 1.29 bits per heavy atom. The molecule has 24 heavy (non-hydrogen) atoms. The van der Waals surface area contributed by atoms with Crippen LogP contribution < -0.4 is 0 Å². The molecule has 3 rings (SSSR count). The number of rotatable bonds is 3. The Bertz CT molecular complexity index is 776. The van der Waals surface area contributed by atoms with Gasteiger partial charge in [-0.1, -0.05) is 12.1 Å². The molecule has 1 N–H and O–H groups in total. The molecule has 2 aromatic rings. The van der Waals surface area contributed by atoms with E-state index >= 15 is 0 Å². The van der Waals surface area contributed by atoms with Crippen LogP contribution in [0.3, 0.4) is 0 Å². The molecule has 0 saturated carbocycles. The number of halogens is 1. The van der Waals surface area contributed by atoms with Crippen molar-refractivity contribution in [2.45, 2.75) is 19.1 Å². The average molecular weight is 333 g/mol. The van der Waals surface area contributed by atoms with Crippen LogP contribution in [0, 0.1) is 5.82 Å². The van der Waals surface area contributed by atoms with Gasteiger partial charge in [0.25, 0.3) is 5.91 Å². The average Bonchev–Trinajstić information content (AvgIpc) is 3.03. The zero-order valence-electron chi connectivity index (χ0n) is 12.9. The van der Waals surface area contributed by atoms with Crippen molar-refractivity contribution >= 4 is 11.9 Å². The van der Waals surface area contributed by atoms with Gasteiger partial charge in [0.15, 0.2) is 11.8 Å². The van der Waals surface area contributed by atoms with E-state index in [1.54, 1.807) is 25.1 Å². The number of hydrogen-bond acceptors (Lipinski definition) is 4. The van der Waals surface area contributed by atoms with Gasteiger partial charge < -0.3 is 14.7 Å². The van der Waals surface area contributed by atoms with E-state index in [-0.39, 0.29) is 24.5 Å². The van der Waals surface area contributed by atoms with Gasteiger partial charge >= 0.3 is 5.97 Å². The van der Waals surface area contributed by atoms with Gasteiger partial charge in [0.05, 0.1) is 12.6 Å². The van der Waals surface area contributed by atoms with Gasteiger partial charge in [0, 0.05) is 12.7 Å². The lowest BCUT2D eigenvalue weighted by Crippen LogP contribution is -2.51. The summed E-state index contributed by atoms with van der Waals surface area (Å²) in [5.41, 5.74) is 0.354. The first-order valence-electron chi connectivity index (χ1n) is 7.44. The van der Waals surface area contributed by atoms with E-state index in [4.69, 9.17) is 9.84 Å². The van der Waals surface area contributed by atoms with Gasteiger partial charge in [-0.3, -0.25) is 4.79 Å². The van der Waals surface area contributed by atoms with Crippen molar-refractivity contribution in [2.75, 3.05) is 13.1 Å². The number of morpholine rings is 1. The van der Waals surface area contributed by atoms with Gasteiger partial charge in [0.2, 0.25) is 0 Å². The number of benzene rings is 1. The normalized spacial score (nSPS) is 20.8. The van der Waals surface area contributed by atoms with E-state index in [0.29, 0.717) is 0 Å². The highest BCUT2D eigenvalue weighted by molar-refractivity contribution is 5.92. The van der Waals surface area contributed by atoms with Crippen molar-refractivity contribution in [3.05, 3.63) is 48.0 Å². The summed E-state index contributed by atoms with van der Waals surface area (Å²) in [6.45, 7) is 1.92. The first-order valence-corrected chi connectivity index (χ1v) is 7.44. The monoisotopic (exact) mass is 333 g/mol. The summed E-state index contributed by atoms with van der Waals surface area (Å²) in [6, 6.07) is 7.57. The van der Waals surface area contributed by atoms with E-state index < -0.39 is 29.9 Å². The van der Waals surface area contributed by atoms with E-state index in [0.717, 1.165) is 0 Å². The van der Waals surface area contributed by atoms with Gasteiger partial charge in [-0.25, -0.2) is 13.9 Å². The number of carbonyl (C=O) groups is 2. The highest BCUT2D eigenvalue weighted by atomic mass is 19.1. The SMILES string of the molecule is C[C@@H]1CN(C(=O)c2ccn(-c3ccccc3F)n2)CC(C(=O)O)O1. The minimum absolute atomic E-state index is 0.0505. The van der Waals surface area contributed by atoms with Gasteiger partial charge in [0.1, 0.15) is 11.5 Å². The highest BCUT2D eigenvalue weighted by Crippen LogP contribution is 2.16. The third kappa shape index (κ3) is 3.13. The topological polar surface area (TPSA) is 84.7 Å². The van der Waals surface area contributed by atoms with Crippen LogP contribution in [0.15, 0.2) is 36.5 Å². The molecule has 0 aliphatic carbocycles. The maximum Gasteiger partial charge on any atom is 0.334 e. The zero-order chi connectivity index (χ0) is 17.3. The minimum Gasteiger partial charge on any atom is -0.479 e. The smallest absolute Gasteiger partial charge is 0.334 e. The predicted molar refractivity (Wildman–Crippen MR) is 81.4 cm³/mol. The summed E-state index contributed by atoms with van der Waals surface area (Å²) in [7, 11) is 0. The van der Waals surface area contributed by atoms with E-state index in [9.17, 15) is 14.0 Å². The third-order valence-electron chi connectivity index (χ3n) is 3.73. The van der Waals surface area contributed by atoms with Crippen LogP contribution in [0.2, 0.25) is 0 Å². The zero-order valence-corrected chi connectivity index (χ0v) is 12.9. The number of ether oxygens (including phenoxy) is 1. The van der Waals surface area contributed by atoms with Crippen LogP contribution in [-0.4, -0.2) is 57.0 Å². The highest BCUT2D eigenvalue weighted by Gasteiger charge is 2.33. The summed E-state index contributed by atoms with van der Waals surface area (Å²) in [4.78, 5) is 25.0. The molecule has 1 fully saturated rings. The molecular weight excluding hydrogens is 317 g/mol. The number of carbonyl (C=O) groups excluding carboxylic acids is 1. The van der Waals surface area contributed by atoms with Crippen LogP contribution >= 0.6 is 0 Å². The van der Waals surface area contributed by atoms with Crippen LogP contribution in [0.25, 0.3) is 5.69 Å². The number of carboxylic acid groups (broad SMARTS) is 1. The van der Waals surface area contributed by atoms with Gasteiger partial charge in [-0.15, -0.1) is 0 Å². The number of carboxylic acids is 1. The summed E-state index contributed by atoms with van der Waals surface area (Å²) in [5, 5.41) is 13.2. The third-order valence-corrected chi connectivity index (χ3v) is 3.73. The quantitative estimate of drug-likeness (QED) is 0.916. The summed E-state index contributed by atoms with van der Waals surface area (Å²) in [5.74, 6) is -1.98. The minimum atomic E-state index is -1.11. The van der Waals surface area contributed by atoms with Crippen molar-refractivity contribution in [1.29, 1.82) is 0 Å². The van der Waals surface area contributed by atoms with Crippen molar-refractivity contribution < 1.29 is 23.8 Å². The second-order valence-corrected chi connectivity index (χ2v) is 5.58. The summed E-state index contributed by atoms with van der Waals surface area (Å²) < 4.78 is 20.4. The molecule has 1 unspecified atom stereocenters. The Hall–Kier alpha value is -2.74. The second-order valence-electron chi connectivity index (χ2n) is 5.58. The molecule has 0 spiro atoms. The fourth-order valence-corrected chi connectivity index (χ4v) is 2.63. The summed E-state index contributed by atoms with van der Waals surface area (Å²) >= 11 is 0. The Kier molecular flexibility index (Phi) is 4.30. The molecule has 126 valence electrons. The van der Waals surface area contributed by atoms with Gasteiger partial charge in [-0.2, -0.15) is 5.10 Å². The molecule has 1 aromatic heterocycles. The first-order chi connectivity index (χ1) is 11.5. The number of aliphatic carboxylic acids is 1. The number of aromatic nitrogens is 2. The van der Waals surface area contributed by atoms with Gasteiger partial charge in [-0.05, 0) is 25.1 Å². The molecule has 1 amide bonds. The largest absolute Gasteiger partial charge is 0.479 e. The molecule has 2 heterocycles. The summed E-state index contributed by atoms with van der Waals surface area (Å²) in [6.07, 6.45) is 0.0355. The van der Waals surface area contributed by atoms with Crippen molar-refractivity contribution in [3.8, 4) is 5.69 Å². The number of hydrogen-bond donors (Lipinski definition) is 1. The maximum atomic E-state index is 13.8. The molecule has 8 heteroatoms. The molecule has 0 radical (unpaired) electrons. The fourth-order valence-electron chi connectivity index (χ4n) is 2.63. The van der Waals surface area contributed by atoms with Crippen LogP contribution in [0.4, 0.5) is 4.39 Å². The van der Waals surface area contributed by atoms with E-state index in [2.05, 4.69) is 5.10 Å². The maximum absolute atomic E-state index is 13.8. The Morgan fingerprint density at radius 3 is 2.75 bits per heavy atom. The Labute approximate surface area is 137 Å². The van der Waals surface area contributed by atoms with E-state index in [1.165, 1.54) is 27.9 Å². The lowest BCUT2D eigenvalue weighted by molar-refractivity contribution is -0.160. The first kappa shape index (κ1) is 16.1. The van der Waals surface area contributed by atoms with Crippen LogP contribution in [0.1, 0.15) is 17.4 Å².